The molecule has 0 aromatic carbocycles. The largest absolute Gasteiger partial charge is 0.467 e. The number of amides is 1. The SMILES string of the molecule is CC1CNCCN1C(C(=O)N1CCC(O)CC1)c1ccco1. The molecule has 1 amide bonds. The second kappa shape index (κ2) is 6.81. The van der Waals surface area contributed by atoms with Gasteiger partial charge in [-0.3, -0.25) is 9.69 Å². The molecular formula is C16H25N3O3. The number of hydrogen-bond donors (Lipinski definition) is 2. The van der Waals surface area contributed by atoms with E-state index in [0.717, 1.165) is 19.6 Å². The van der Waals surface area contributed by atoms with Crippen LogP contribution in [0.1, 0.15) is 31.6 Å². The van der Waals surface area contributed by atoms with Gasteiger partial charge in [-0.2, -0.15) is 0 Å². The molecule has 0 spiro atoms. The van der Waals surface area contributed by atoms with E-state index in [1.807, 2.05) is 17.0 Å². The molecule has 2 fully saturated rings. The third kappa shape index (κ3) is 3.19. The second-order valence-electron chi connectivity index (χ2n) is 6.27. The topological polar surface area (TPSA) is 69.0 Å². The quantitative estimate of drug-likeness (QED) is 0.856. The Morgan fingerprint density at radius 2 is 2.18 bits per heavy atom. The van der Waals surface area contributed by atoms with Crippen LogP contribution in [-0.4, -0.2) is 65.7 Å². The van der Waals surface area contributed by atoms with Gasteiger partial charge in [0.2, 0.25) is 5.91 Å². The lowest BCUT2D eigenvalue weighted by Gasteiger charge is -2.41. The molecular weight excluding hydrogens is 282 g/mol. The molecule has 3 heterocycles. The first-order valence-corrected chi connectivity index (χ1v) is 8.13. The number of piperidine rings is 1. The Labute approximate surface area is 131 Å². The number of aliphatic hydroxyl groups excluding tert-OH is 1. The summed E-state index contributed by atoms with van der Waals surface area (Å²) in [5.41, 5.74) is 0. The highest BCUT2D eigenvalue weighted by Crippen LogP contribution is 2.28. The van der Waals surface area contributed by atoms with Crippen LogP contribution in [0.25, 0.3) is 0 Å². The summed E-state index contributed by atoms with van der Waals surface area (Å²) in [6.45, 7) is 5.97. The van der Waals surface area contributed by atoms with E-state index >= 15 is 0 Å². The van der Waals surface area contributed by atoms with Crippen LogP contribution in [0.15, 0.2) is 22.8 Å². The Hall–Kier alpha value is -1.37. The average Bonchev–Trinajstić information content (AvgIpc) is 3.04. The van der Waals surface area contributed by atoms with Crippen LogP contribution in [0.5, 0.6) is 0 Å². The summed E-state index contributed by atoms with van der Waals surface area (Å²) in [4.78, 5) is 17.2. The minimum absolute atomic E-state index is 0.0931. The predicted octanol–water partition coefficient (Wildman–Crippen LogP) is 0.598. The smallest absolute Gasteiger partial charge is 0.247 e. The van der Waals surface area contributed by atoms with Gasteiger partial charge in [0, 0.05) is 38.8 Å². The number of nitrogens with one attached hydrogen (secondary N) is 1. The highest BCUT2D eigenvalue weighted by molar-refractivity contribution is 5.82. The summed E-state index contributed by atoms with van der Waals surface area (Å²) in [5.74, 6) is 0.806. The molecule has 2 aliphatic rings. The summed E-state index contributed by atoms with van der Waals surface area (Å²) >= 11 is 0. The standard InChI is InChI=1S/C16H25N3O3/c1-12-11-17-6-9-19(12)15(14-3-2-10-22-14)16(21)18-7-4-13(20)5-8-18/h2-3,10,12-13,15,17,20H,4-9,11H2,1H3. The molecule has 2 unspecified atom stereocenters. The molecule has 22 heavy (non-hydrogen) atoms. The highest BCUT2D eigenvalue weighted by atomic mass is 16.3. The van der Waals surface area contributed by atoms with Gasteiger partial charge in [0.15, 0.2) is 0 Å². The molecule has 6 heteroatoms. The summed E-state index contributed by atoms with van der Waals surface area (Å²) in [7, 11) is 0. The van der Waals surface area contributed by atoms with Crippen molar-refractivity contribution in [1.29, 1.82) is 0 Å². The van der Waals surface area contributed by atoms with E-state index in [9.17, 15) is 9.90 Å². The van der Waals surface area contributed by atoms with Crippen LogP contribution in [0.2, 0.25) is 0 Å². The first-order valence-electron chi connectivity index (χ1n) is 8.13. The lowest BCUT2D eigenvalue weighted by Crippen LogP contribution is -2.55. The number of carbonyl (C=O) groups is 1. The second-order valence-corrected chi connectivity index (χ2v) is 6.27. The Bertz CT molecular complexity index is 483. The van der Waals surface area contributed by atoms with Crippen molar-refractivity contribution in [3.05, 3.63) is 24.2 Å². The van der Waals surface area contributed by atoms with Crippen molar-refractivity contribution in [2.75, 3.05) is 32.7 Å². The van der Waals surface area contributed by atoms with Gasteiger partial charge in [0.05, 0.1) is 12.4 Å². The zero-order valence-corrected chi connectivity index (χ0v) is 13.1. The normalized spacial score (nSPS) is 26.1. The Morgan fingerprint density at radius 1 is 1.41 bits per heavy atom. The monoisotopic (exact) mass is 307 g/mol. The van der Waals surface area contributed by atoms with Crippen molar-refractivity contribution in [1.82, 2.24) is 15.1 Å². The molecule has 0 saturated carbocycles. The van der Waals surface area contributed by atoms with Crippen molar-refractivity contribution in [2.24, 2.45) is 0 Å². The van der Waals surface area contributed by atoms with Crippen molar-refractivity contribution in [3.63, 3.8) is 0 Å². The maximum Gasteiger partial charge on any atom is 0.247 e. The molecule has 1 aromatic rings. The highest BCUT2D eigenvalue weighted by Gasteiger charge is 2.37. The fraction of sp³-hybridized carbons (Fsp3) is 0.688. The molecule has 2 saturated heterocycles. The Balaban J connectivity index is 1.80. The van der Waals surface area contributed by atoms with Crippen LogP contribution in [-0.2, 0) is 4.79 Å². The molecule has 3 rings (SSSR count). The van der Waals surface area contributed by atoms with E-state index in [1.54, 1.807) is 6.26 Å². The van der Waals surface area contributed by atoms with E-state index in [1.165, 1.54) is 0 Å². The Morgan fingerprint density at radius 3 is 2.82 bits per heavy atom. The van der Waals surface area contributed by atoms with E-state index < -0.39 is 0 Å². The lowest BCUT2D eigenvalue weighted by molar-refractivity contribution is -0.141. The van der Waals surface area contributed by atoms with E-state index in [-0.39, 0.29) is 24.1 Å². The van der Waals surface area contributed by atoms with Gasteiger partial charge in [-0.05, 0) is 31.9 Å². The minimum atomic E-state index is -0.359. The fourth-order valence-electron chi connectivity index (χ4n) is 3.37. The lowest BCUT2D eigenvalue weighted by atomic mass is 10.0. The van der Waals surface area contributed by atoms with Gasteiger partial charge < -0.3 is 19.7 Å². The number of hydrogen-bond acceptors (Lipinski definition) is 5. The molecule has 2 aliphatic heterocycles. The van der Waals surface area contributed by atoms with E-state index in [4.69, 9.17) is 4.42 Å². The van der Waals surface area contributed by atoms with Crippen LogP contribution < -0.4 is 5.32 Å². The third-order valence-corrected chi connectivity index (χ3v) is 4.71. The molecule has 2 N–H and O–H groups in total. The molecule has 0 bridgehead atoms. The summed E-state index contributed by atoms with van der Waals surface area (Å²) < 4.78 is 5.57. The van der Waals surface area contributed by atoms with Crippen molar-refractivity contribution >= 4 is 5.91 Å². The average molecular weight is 307 g/mol. The molecule has 2 atom stereocenters. The molecule has 122 valence electrons. The van der Waals surface area contributed by atoms with E-state index in [0.29, 0.717) is 31.7 Å². The number of likely N-dealkylation sites (tertiary alicyclic amines) is 1. The molecule has 1 aromatic heterocycles. The van der Waals surface area contributed by atoms with Crippen molar-refractivity contribution < 1.29 is 14.3 Å². The van der Waals surface area contributed by atoms with Gasteiger partial charge in [0.1, 0.15) is 11.8 Å². The number of rotatable bonds is 3. The van der Waals surface area contributed by atoms with Gasteiger partial charge in [-0.15, -0.1) is 0 Å². The number of carbonyl (C=O) groups excluding carboxylic acids is 1. The maximum absolute atomic E-state index is 13.1. The van der Waals surface area contributed by atoms with Gasteiger partial charge in [0.25, 0.3) is 0 Å². The zero-order valence-electron chi connectivity index (χ0n) is 13.1. The first kappa shape index (κ1) is 15.5. The number of aliphatic hydroxyl groups is 1. The van der Waals surface area contributed by atoms with Crippen LogP contribution in [0.3, 0.4) is 0 Å². The van der Waals surface area contributed by atoms with Crippen LogP contribution in [0, 0.1) is 0 Å². The van der Waals surface area contributed by atoms with Crippen LogP contribution >= 0.6 is 0 Å². The van der Waals surface area contributed by atoms with Gasteiger partial charge in [-0.1, -0.05) is 0 Å². The summed E-state index contributed by atoms with van der Waals surface area (Å²) in [6.07, 6.45) is 2.67. The molecule has 0 aliphatic carbocycles. The fourth-order valence-corrected chi connectivity index (χ4v) is 3.37. The Kier molecular flexibility index (Phi) is 4.81. The van der Waals surface area contributed by atoms with Crippen LogP contribution in [0.4, 0.5) is 0 Å². The van der Waals surface area contributed by atoms with Crippen molar-refractivity contribution in [3.8, 4) is 0 Å². The summed E-state index contributed by atoms with van der Waals surface area (Å²) in [5, 5.41) is 13.0. The summed E-state index contributed by atoms with van der Waals surface area (Å²) in [6, 6.07) is 3.64. The molecule has 0 radical (unpaired) electrons. The first-order chi connectivity index (χ1) is 10.7. The number of piperazine rings is 1. The molecule has 6 nitrogen and oxygen atoms in total. The van der Waals surface area contributed by atoms with Gasteiger partial charge >= 0.3 is 0 Å². The zero-order chi connectivity index (χ0) is 15.5. The minimum Gasteiger partial charge on any atom is -0.467 e. The van der Waals surface area contributed by atoms with Crippen molar-refractivity contribution in [2.45, 2.75) is 38.0 Å². The van der Waals surface area contributed by atoms with E-state index in [2.05, 4.69) is 17.1 Å². The maximum atomic E-state index is 13.1. The number of nitrogens with zero attached hydrogens (tertiary/aromatic N) is 2. The third-order valence-electron chi connectivity index (χ3n) is 4.71. The predicted molar refractivity (Wildman–Crippen MR) is 82.3 cm³/mol. The number of furan rings is 1. The van der Waals surface area contributed by atoms with Gasteiger partial charge in [-0.25, -0.2) is 0 Å².